The topological polar surface area (TPSA) is 55.1 Å². The molecule has 98 valence electrons. The molecular formula is C14H12ClFN2O. The van der Waals surface area contributed by atoms with Gasteiger partial charge in [-0.1, -0.05) is 29.8 Å². The van der Waals surface area contributed by atoms with Gasteiger partial charge in [0.25, 0.3) is 0 Å². The van der Waals surface area contributed by atoms with Gasteiger partial charge in [-0.25, -0.2) is 4.39 Å². The lowest BCUT2D eigenvalue weighted by atomic mass is 10.1. The molecule has 0 radical (unpaired) electrons. The summed E-state index contributed by atoms with van der Waals surface area (Å²) in [5.41, 5.74) is 6.12. The lowest BCUT2D eigenvalue weighted by Gasteiger charge is -2.18. The number of primary amides is 1. The van der Waals surface area contributed by atoms with Gasteiger partial charge in [-0.05, 0) is 30.3 Å². The van der Waals surface area contributed by atoms with Crippen molar-refractivity contribution in [3.63, 3.8) is 0 Å². The molecule has 3 N–H and O–H groups in total. The molecule has 3 nitrogen and oxygen atoms in total. The Labute approximate surface area is 115 Å². The van der Waals surface area contributed by atoms with E-state index < -0.39 is 17.8 Å². The monoisotopic (exact) mass is 278 g/mol. The van der Waals surface area contributed by atoms with Crippen molar-refractivity contribution in [3.05, 3.63) is 64.9 Å². The van der Waals surface area contributed by atoms with Crippen LogP contribution < -0.4 is 11.1 Å². The summed E-state index contributed by atoms with van der Waals surface area (Å²) in [7, 11) is 0. The number of hydrogen-bond donors (Lipinski definition) is 2. The van der Waals surface area contributed by atoms with E-state index >= 15 is 0 Å². The van der Waals surface area contributed by atoms with Gasteiger partial charge in [0, 0.05) is 16.3 Å². The molecule has 1 unspecified atom stereocenters. The molecule has 0 heterocycles. The Hall–Kier alpha value is -2.07. The first-order chi connectivity index (χ1) is 9.08. The quantitative estimate of drug-likeness (QED) is 0.903. The summed E-state index contributed by atoms with van der Waals surface area (Å²) in [6.45, 7) is 0. The van der Waals surface area contributed by atoms with Crippen molar-refractivity contribution in [2.75, 3.05) is 5.32 Å². The van der Waals surface area contributed by atoms with Gasteiger partial charge in [-0.2, -0.15) is 0 Å². The third-order valence-corrected chi connectivity index (χ3v) is 2.87. The van der Waals surface area contributed by atoms with E-state index in [9.17, 15) is 9.18 Å². The number of nitrogens with two attached hydrogens (primary N) is 1. The lowest BCUT2D eigenvalue weighted by Crippen LogP contribution is -2.28. The number of carbonyl (C=O) groups excluding carboxylic acids is 1. The minimum absolute atomic E-state index is 0.129. The van der Waals surface area contributed by atoms with E-state index in [2.05, 4.69) is 5.32 Å². The molecule has 0 saturated carbocycles. The Bertz CT molecular complexity index is 589. The Balaban J connectivity index is 2.35. The number of hydrogen-bond acceptors (Lipinski definition) is 2. The Kier molecular flexibility index (Phi) is 4.02. The van der Waals surface area contributed by atoms with Crippen LogP contribution in [0.2, 0.25) is 5.02 Å². The average molecular weight is 279 g/mol. The van der Waals surface area contributed by atoms with Crippen LogP contribution in [0.25, 0.3) is 0 Å². The number of benzene rings is 2. The number of para-hydroxylation sites is 1. The van der Waals surface area contributed by atoms with Gasteiger partial charge in [-0.3, -0.25) is 4.79 Å². The number of carbonyl (C=O) groups is 1. The SMILES string of the molecule is NC(=O)C(Nc1ccccc1)c1cc(Cl)ccc1F. The molecule has 2 aromatic carbocycles. The van der Waals surface area contributed by atoms with Gasteiger partial charge in [0.1, 0.15) is 11.9 Å². The number of anilines is 1. The van der Waals surface area contributed by atoms with Crippen molar-refractivity contribution in [2.24, 2.45) is 5.73 Å². The zero-order valence-corrected chi connectivity index (χ0v) is 10.7. The van der Waals surface area contributed by atoms with Crippen LogP contribution in [-0.2, 0) is 4.79 Å². The first kappa shape index (κ1) is 13.4. The summed E-state index contributed by atoms with van der Waals surface area (Å²) in [5, 5.41) is 3.23. The molecule has 2 rings (SSSR count). The number of nitrogens with one attached hydrogen (secondary N) is 1. The highest BCUT2D eigenvalue weighted by Crippen LogP contribution is 2.24. The van der Waals surface area contributed by atoms with E-state index in [0.717, 1.165) is 0 Å². The van der Waals surface area contributed by atoms with Crippen molar-refractivity contribution in [2.45, 2.75) is 6.04 Å². The fourth-order valence-corrected chi connectivity index (χ4v) is 1.92. The highest BCUT2D eigenvalue weighted by Gasteiger charge is 2.21. The third kappa shape index (κ3) is 3.23. The van der Waals surface area contributed by atoms with E-state index in [0.29, 0.717) is 10.7 Å². The first-order valence-electron chi connectivity index (χ1n) is 5.64. The standard InChI is InChI=1S/C14H12ClFN2O/c15-9-6-7-12(16)11(8-9)13(14(17)19)18-10-4-2-1-3-5-10/h1-8,13,18H,(H2,17,19). The second-order valence-electron chi connectivity index (χ2n) is 4.01. The van der Waals surface area contributed by atoms with Crippen LogP contribution >= 0.6 is 11.6 Å². The highest BCUT2D eigenvalue weighted by atomic mass is 35.5. The summed E-state index contributed by atoms with van der Waals surface area (Å²) < 4.78 is 13.8. The summed E-state index contributed by atoms with van der Waals surface area (Å²) >= 11 is 5.82. The second kappa shape index (κ2) is 5.71. The Morgan fingerprint density at radius 2 is 1.89 bits per heavy atom. The predicted molar refractivity (Wildman–Crippen MR) is 73.4 cm³/mol. The van der Waals surface area contributed by atoms with Gasteiger partial charge >= 0.3 is 0 Å². The molecule has 0 spiro atoms. The maximum atomic E-state index is 13.8. The maximum Gasteiger partial charge on any atom is 0.244 e. The van der Waals surface area contributed by atoms with Gasteiger partial charge in [0.15, 0.2) is 0 Å². The fourth-order valence-electron chi connectivity index (χ4n) is 1.74. The average Bonchev–Trinajstić information content (AvgIpc) is 2.40. The maximum absolute atomic E-state index is 13.8. The van der Waals surface area contributed by atoms with Crippen molar-refractivity contribution in [1.82, 2.24) is 0 Å². The molecule has 0 aliphatic carbocycles. The molecule has 0 saturated heterocycles. The molecule has 0 aromatic heterocycles. The van der Waals surface area contributed by atoms with Gasteiger partial charge in [0.2, 0.25) is 5.91 Å². The largest absolute Gasteiger partial charge is 0.370 e. The molecule has 5 heteroatoms. The minimum atomic E-state index is -0.971. The molecule has 2 aromatic rings. The fraction of sp³-hybridized carbons (Fsp3) is 0.0714. The van der Waals surface area contributed by atoms with E-state index in [1.807, 2.05) is 6.07 Å². The minimum Gasteiger partial charge on any atom is -0.370 e. The van der Waals surface area contributed by atoms with Crippen LogP contribution in [0.1, 0.15) is 11.6 Å². The van der Waals surface area contributed by atoms with Crippen LogP contribution in [0.15, 0.2) is 48.5 Å². The van der Waals surface area contributed by atoms with E-state index in [1.165, 1.54) is 18.2 Å². The molecular weight excluding hydrogens is 267 g/mol. The summed E-state index contributed by atoms with van der Waals surface area (Å²) in [6, 6.07) is 12.0. The Morgan fingerprint density at radius 1 is 1.21 bits per heavy atom. The van der Waals surface area contributed by atoms with Crippen LogP contribution in [0, 0.1) is 5.82 Å². The number of halogens is 2. The summed E-state index contributed by atoms with van der Waals surface area (Å²) in [5.74, 6) is -1.21. The van der Waals surface area contributed by atoms with Crippen LogP contribution in [-0.4, -0.2) is 5.91 Å². The smallest absolute Gasteiger partial charge is 0.244 e. The summed E-state index contributed by atoms with van der Waals surface area (Å²) in [6.07, 6.45) is 0. The van der Waals surface area contributed by atoms with E-state index in [4.69, 9.17) is 17.3 Å². The van der Waals surface area contributed by atoms with Gasteiger partial charge < -0.3 is 11.1 Å². The second-order valence-corrected chi connectivity index (χ2v) is 4.45. The third-order valence-electron chi connectivity index (χ3n) is 2.64. The highest BCUT2D eigenvalue weighted by molar-refractivity contribution is 6.30. The molecule has 0 aliphatic heterocycles. The van der Waals surface area contributed by atoms with Crippen molar-refractivity contribution >= 4 is 23.2 Å². The van der Waals surface area contributed by atoms with Crippen molar-refractivity contribution < 1.29 is 9.18 Å². The van der Waals surface area contributed by atoms with E-state index in [-0.39, 0.29) is 5.56 Å². The number of rotatable bonds is 4. The number of amides is 1. The Morgan fingerprint density at radius 3 is 2.53 bits per heavy atom. The van der Waals surface area contributed by atoms with Crippen molar-refractivity contribution in [1.29, 1.82) is 0 Å². The zero-order chi connectivity index (χ0) is 13.8. The normalized spacial score (nSPS) is 11.9. The van der Waals surface area contributed by atoms with Gasteiger partial charge in [0.05, 0.1) is 0 Å². The van der Waals surface area contributed by atoms with Crippen molar-refractivity contribution in [3.8, 4) is 0 Å². The first-order valence-corrected chi connectivity index (χ1v) is 6.01. The zero-order valence-electron chi connectivity index (χ0n) is 9.94. The lowest BCUT2D eigenvalue weighted by molar-refractivity contribution is -0.118. The molecule has 0 aliphatic rings. The van der Waals surface area contributed by atoms with Crippen LogP contribution in [0.4, 0.5) is 10.1 Å². The molecule has 1 amide bonds. The predicted octanol–water partition coefficient (Wildman–Crippen LogP) is 3.12. The molecule has 0 fully saturated rings. The van der Waals surface area contributed by atoms with Gasteiger partial charge in [-0.15, -0.1) is 0 Å². The molecule has 0 bridgehead atoms. The molecule has 19 heavy (non-hydrogen) atoms. The van der Waals surface area contributed by atoms with E-state index in [1.54, 1.807) is 24.3 Å². The molecule has 1 atom stereocenters. The summed E-state index contributed by atoms with van der Waals surface area (Å²) in [4.78, 5) is 11.5. The van der Waals surface area contributed by atoms with Crippen LogP contribution in [0.3, 0.4) is 0 Å². The van der Waals surface area contributed by atoms with Crippen LogP contribution in [0.5, 0.6) is 0 Å².